The number of hydrogen-bond acceptors (Lipinski definition) is 2. The third-order valence-corrected chi connectivity index (χ3v) is 4.52. The van der Waals surface area contributed by atoms with Crippen LogP contribution in [0.5, 0.6) is 0 Å². The fourth-order valence-electron chi connectivity index (χ4n) is 2.97. The second kappa shape index (κ2) is 9.06. The molecule has 0 fully saturated rings. The van der Waals surface area contributed by atoms with Crippen molar-refractivity contribution >= 4 is 29.2 Å². The SMILES string of the molecule is NC(=O)N[C@H](CC(=O)Nc1ccccc1-c1ccccc1)c1ccc(Cl)cc1. The van der Waals surface area contributed by atoms with Gasteiger partial charge in [-0.1, -0.05) is 72.3 Å². The number of urea groups is 1. The van der Waals surface area contributed by atoms with Crippen molar-refractivity contribution in [3.8, 4) is 11.1 Å². The van der Waals surface area contributed by atoms with Gasteiger partial charge in [0.1, 0.15) is 0 Å². The molecule has 0 saturated carbocycles. The Bertz CT molecular complexity index is 959. The van der Waals surface area contributed by atoms with Gasteiger partial charge in [-0.3, -0.25) is 4.79 Å². The van der Waals surface area contributed by atoms with Crippen LogP contribution in [-0.2, 0) is 4.79 Å². The summed E-state index contributed by atoms with van der Waals surface area (Å²) < 4.78 is 0. The first-order chi connectivity index (χ1) is 13.5. The Morgan fingerprint density at radius 2 is 1.54 bits per heavy atom. The van der Waals surface area contributed by atoms with Crippen molar-refractivity contribution in [1.29, 1.82) is 0 Å². The lowest BCUT2D eigenvalue weighted by Gasteiger charge is -2.18. The third-order valence-electron chi connectivity index (χ3n) is 4.26. The summed E-state index contributed by atoms with van der Waals surface area (Å²) in [7, 11) is 0. The zero-order valence-corrected chi connectivity index (χ0v) is 15.8. The highest BCUT2D eigenvalue weighted by Crippen LogP contribution is 2.28. The molecule has 3 aromatic rings. The molecular formula is C22H20ClN3O2. The number of nitrogens with one attached hydrogen (secondary N) is 2. The van der Waals surface area contributed by atoms with E-state index in [0.29, 0.717) is 10.7 Å². The zero-order valence-electron chi connectivity index (χ0n) is 15.1. The smallest absolute Gasteiger partial charge is 0.312 e. The first kappa shape index (κ1) is 19.5. The third kappa shape index (κ3) is 5.11. The first-order valence-corrected chi connectivity index (χ1v) is 9.16. The fraction of sp³-hybridized carbons (Fsp3) is 0.0909. The summed E-state index contributed by atoms with van der Waals surface area (Å²) in [6, 6.07) is 23.0. The molecule has 28 heavy (non-hydrogen) atoms. The number of anilines is 1. The van der Waals surface area contributed by atoms with E-state index in [1.807, 2.05) is 54.6 Å². The van der Waals surface area contributed by atoms with Gasteiger partial charge in [-0.15, -0.1) is 0 Å². The van der Waals surface area contributed by atoms with Crippen molar-refractivity contribution < 1.29 is 9.59 Å². The highest BCUT2D eigenvalue weighted by atomic mass is 35.5. The van der Waals surface area contributed by atoms with Gasteiger partial charge < -0.3 is 16.4 Å². The van der Waals surface area contributed by atoms with Crippen LogP contribution in [0, 0.1) is 0 Å². The maximum absolute atomic E-state index is 12.7. The van der Waals surface area contributed by atoms with Crippen molar-refractivity contribution in [2.24, 2.45) is 5.73 Å². The largest absolute Gasteiger partial charge is 0.352 e. The molecule has 0 aliphatic carbocycles. The van der Waals surface area contributed by atoms with Crippen LogP contribution in [-0.4, -0.2) is 11.9 Å². The summed E-state index contributed by atoms with van der Waals surface area (Å²) in [5.74, 6) is -0.239. The molecule has 0 heterocycles. The molecule has 0 aromatic heterocycles. The molecule has 0 unspecified atom stereocenters. The van der Waals surface area contributed by atoms with Gasteiger partial charge in [0.05, 0.1) is 12.5 Å². The molecule has 1 atom stereocenters. The molecule has 0 saturated heterocycles. The molecule has 6 heteroatoms. The molecule has 0 bridgehead atoms. The van der Waals surface area contributed by atoms with Gasteiger partial charge in [-0.25, -0.2) is 4.79 Å². The highest BCUT2D eigenvalue weighted by molar-refractivity contribution is 6.30. The Morgan fingerprint density at radius 3 is 2.21 bits per heavy atom. The van der Waals surface area contributed by atoms with Crippen LogP contribution < -0.4 is 16.4 Å². The van der Waals surface area contributed by atoms with Crippen LogP contribution in [0.25, 0.3) is 11.1 Å². The molecular weight excluding hydrogens is 374 g/mol. The number of amides is 3. The van der Waals surface area contributed by atoms with Crippen molar-refractivity contribution in [1.82, 2.24) is 5.32 Å². The molecule has 3 aromatic carbocycles. The Hall–Kier alpha value is -3.31. The molecule has 142 valence electrons. The number of benzene rings is 3. The maximum atomic E-state index is 12.7. The zero-order chi connectivity index (χ0) is 19.9. The van der Waals surface area contributed by atoms with Gasteiger partial charge in [0.2, 0.25) is 5.91 Å². The van der Waals surface area contributed by atoms with Gasteiger partial charge in [0.25, 0.3) is 0 Å². The average Bonchev–Trinajstić information content (AvgIpc) is 2.69. The van der Waals surface area contributed by atoms with Gasteiger partial charge >= 0.3 is 6.03 Å². The molecule has 0 aliphatic heterocycles. The Kier molecular flexibility index (Phi) is 6.29. The van der Waals surface area contributed by atoms with Crippen LogP contribution in [0.3, 0.4) is 0 Å². The summed E-state index contributed by atoms with van der Waals surface area (Å²) in [5.41, 5.74) is 8.65. The highest BCUT2D eigenvalue weighted by Gasteiger charge is 2.18. The number of primary amides is 1. The van der Waals surface area contributed by atoms with E-state index in [2.05, 4.69) is 10.6 Å². The predicted octanol–water partition coefficient (Wildman–Crippen LogP) is 4.75. The van der Waals surface area contributed by atoms with E-state index in [0.717, 1.165) is 16.7 Å². The summed E-state index contributed by atoms with van der Waals surface area (Å²) in [4.78, 5) is 24.1. The minimum atomic E-state index is -0.697. The standard InChI is InChI=1S/C22H20ClN3O2/c23-17-12-10-16(11-13-17)20(26-22(24)28)14-21(27)25-19-9-5-4-8-18(19)15-6-2-1-3-7-15/h1-13,20H,14H2,(H,25,27)(H3,24,26,28)/t20-/m1/s1. The summed E-state index contributed by atoms with van der Waals surface area (Å²) in [6.45, 7) is 0. The lowest BCUT2D eigenvalue weighted by atomic mass is 10.0. The van der Waals surface area contributed by atoms with Crippen LogP contribution >= 0.6 is 11.6 Å². The molecule has 3 amide bonds. The number of hydrogen-bond donors (Lipinski definition) is 3. The quantitative estimate of drug-likeness (QED) is 0.564. The van der Waals surface area contributed by atoms with E-state index in [-0.39, 0.29) is 12.3 Å². The predicted molar refractivity (Wildman–Crippen MR) is 112 cm³/mol. The van der Waals surface area contributed by atoms with Crippen LogP contribution in [0.4, 0.5) is 10.5 Å². The van der Waals surface area contributed by atoms with Gasteiger partial charge in [0, 0.05) is 16.3 Å². The fourth-order valence-corrected chi connectivity index (χ4v) is 3.09. The Labute approximate surface area is 168 Å². The number of para-hydroxylation sites is 1. The van der Waals surface area contributed by atoms with Crippen LogP contribution in [0.1, 0.15) is 18.0 Å². The second-order valence-electron chi connectivity index (χ2n) is 6.28. The minimum Gasteiger partial charge on any atom is -0.352 e. The monoisotopic (exact) mass is 393 g/mol. The van der Waals surface area contributed by atoms with Gasteiger partial charge in [0.15, 0.2) is 0 Å². The number of halogens is 1. The number of nitrogens with two attached hydrogens (primary N) is 1. The van der Waals surface area contributed by atoms with E-state index in [9.17, 15) is 9.59 Å². The molecule has 3 rings (SSSR count). The van der Waals surface area contributed by atoms with E-state index in [4.69, 9.17) is 17.3 Å². The molecule has 4 N–H and O–H groups in total. The lowest BCUT2D eigenvalue weighted by molar-refractivity contribution is -0.116. The van der Waals surface area contributed by atoms with Crippen molar-refractivity contribution in [3.63, 3.8) is 0 Å². The number of carbonyl (C=O) groups is 2. The summed E-state index contributed by atoms with van der Waals surface area (Å²) >= 11 is 5.92. The lowest BCUT2D eigenvalue weighted by Crippen LogP contribution is -2.35. The molecule has 5 nitrogen and oxygen atoms in total. The van der Waals surface area contributed by atoms with Crippen molar-refractivity contribution in [2.45, 2.75) is 12.5 Å². The van der Waals surface area contributed by atoms with Gasteiger partial charge in [-0.2, -0.15) is 0 Å². The van der Waals surface area contributed by atoms with Crippen LogP contribution in [0.2, 0.25) is 5.02 Å². The van der Waals surface area contributed by atoms with Crippen molar-refractivity contribution in [2.75, 3.05) is 5.32 Å². The molecule has 0 radical (unpaired) electrons. The van der Waals surface area contributed by atoms with Crippen LogP contribution in [0.15, 0.2) is 78.9 Å². The number of rotatable bonds is 6. The van der Waals surface area contributed by atoms with E-state index < -0.39 is 12.1 Å². The molecule has 0 spiro atoms. The second-order valence-corrected chi connectivity index (χ2v) is 6.71. The Morgan fingerprint density at radius 1 is 0.893 bits per heavy atom. The average molecular weight is 394 g/mol. The summed E-state index contributed by atoms with van der Waals surface area (Å²) in [5, 5.41) is 6.12. The first-order valence-electron chi connectivity index (χ1n) is 8.78. The van der Waals surface area contributed by atoms with Crippen molar-refractivity contribution in [3.05, 3.63) is 89.4 Å². The maximum Gasteiger partial charge on any atom is 0.312 e. The van der Waals surface area contributed by atoms with Gasteiger partial charge in [-0.05, 0) is 29.3 Å². The topological polar surface area (TPSA) is 84.2 Å². The normalized spacial score (nSPS) is 11.5. The van der Waals surface area contributed by atoms with E-state index in [1.54, 1.807) is 24.3 Å². The molecule has 0 aliphatic rings. The van der Waals surface area contributed by atoms with E-state index >= 15 is 0 Å². The minimum absolute atomic E-state index is 0.0354. The summed E-state index contributed by atoms with van der Waals surface area (Å²) in [6.07, 6.45) is 0.0354. The number of carbonyl (C=O) groups excluding carboxylic acids is 2. The Balaban J connectivity index is 1.78. The van der Waals surface area contributed by atoms with E-state index in [1.165, 1.54) is 0 Å².